The topological polar surface area (TPSA) is 76.7 Å². The molecule has 0 radical (unpaired) electrons. The van der Waals surface area contributed by atoms with Crippen LogP contribution in [0.3, 0.4) is 0 Å². The number of hydrogen-bond acceptors (Lipinski definition) is 4. The zero-order valence-electron chi connectivity index (χ0n) is 13.0. The second-order valence-corrected chi connectivity index (χ2v) is 5.02. The molecule has 0 bridgehead atoms. The monoisotopic (exact) mass is 338 g/mol. The van der Waals surface area contributed by atoms with Gasteiger partial charge in [-0.05, 0) is 19.9 Å². The molecule has 0 aliphatic carbocycles. The lowest BCUT2D eigenvalue weighted by atomic mass is 9.95. The molecule has 2 rings (SSSR count). The number of amides is 2. The Kier molecular flexibility index (Phi) is 5.87. The molecule has 124 valence electrons. The minimum atomic E-state index is -0.681. The summed E-state index contributed by atoms with van der Waals surface area (Å²) in [4.78, 5) is 24.3. The minimum absolute atomic E-state index is 0.00509. The van der Waals surface area contributed by atoms with Crippen molar-refractivity contribution >= 4 is 23.6 Å². The summed E-state index contributed by atoms with van der Waals surface area (Å²) in [5.74, 6) is 0.0689. The van der Waals surface area contributed by atoms with Crippen molar-refractivity contribution in [1.29, 1.82) is 0 Å². The number of nitrogens with one attached hydrogen (secondary N) is 2. The van der Waals surface area contributed by atoms with Crippen LogP contribution in [0.15, 0.2) is 35.5 Å². The molecule has 0 saturated carbocycles. The molecule has 0 unspecified atom stereocenters. The van der Waals surface area contributed by atoms with Gasteiger partial charge >= 0.3 is 12.0 Å². The molecular formula is C16H19ClN2O4. The Morgan fingerprint density at radius 3 is 2.65 bits per heavy atom. The molecule has 7 heteroatoms. The van der Waals surface area contributed by atoms with Gasteiger partial charge in [0.05, 0.1) is 30.7 Å². The average molecular weight is 339 g/mol. The number of benzene rings is 1. The van der Waals surface area contributed by atoms with E-state index in [0.717, 1.165) is 0 Å². The normalized spacial score (nSPS) is 17.3. The van der Waals surface area contributed by atoms with Crippen molar-refractivity contribution in [3.8, 4) is 5.75 Å². The van der Waals surface area contributed by atoms with Crippen molar-refractivity contribution in [2.75, 3.05) is 19.1 Å². The standard InChI is InChI=1S/C16H19ClN2O4/c1-3-22-12-8-6-5-7-10(12)14-13(15(20)23-4-2)11(9-17)18-16(21)19-14/h5-8,14H,3-4,9H2,1-2H3,(H2,18,19,21)/t14-/m0/s1. The fourth-order valence-electron chi connectivity index (χ4n) is 2.41. The van der Waals surface area contributed by atoms with Crippen LogP contribution in [-0.2, 0) is 9.53 Å². The molecule has 1 heterocycles. The van der Waals surface area contributed by atoms with Crippen molar-refractivity contribution in [3.63, 3.8) is 0 Å². The number of carbonyl (C=O) groups excluding carboxylic acids is 2. The lowest BCUT2D eigenvalue weighted by Gasteiger charge is -2.29. The zero-order valence-corrected chi connectivity index (χ0v) is 13.8. The maximum Gasteiger partial charge on any atom is 0.338 e. The van der Waals surface area contributed by atoms with Crippen LogP contribution in [0.2, 0.25) is 0 Å². The highest BCUT2D eigenvalue weighted by atomic mass is 35.5. The molecule has 0 spiro atoms. The molecule has 1 aliphatic rings. The van der Waals surface area contributed by atoms with Gasteiger partial charge in [-0.1, -0.05) is 18.2 Å². The van der Waals surface area contributed by atoms with Crippen molar-refractivity contribution in [1.82, 2.24) is 10.6 Å². The molecule has 1 atom stereocenters. The van der Waals surface area contributed by atoms with Gasteiger partial charge in [-0.25, -0.2) is 9.59 Å². The van der Waals surface area contributed by atoms with E-state index in [0.29, 0.717) is 23.6 Å². The number of para-hydroxylation sites is 1. The van der Waals surface area contributed by atoms with Crippen LogP contribution in [0.5, 0.6) is 5.75 Å². The van der Waals surface area contributed by atoms with Gasteiger partial charge < -0.3 is 20.1 Å². The van der Waals surface area contributed by atoms with Crippen molar-refractivity contribution in [2.45, 2.75) is 19.9 Å². The molecule has 0 saturated heterocycles. The number of urea groups is 1. The third-order valence-electron chi connectivity index (χ3n) is 3.31. The smallest absolute Gasteiger partial charge is 0.338 e. The summed E-state index contributed by atoms with van der Waals surface area (Å²) < 4.78 is 10.7. The second-order valence-electron chi connectivity index (χ2n) is 4.75. The molecule has 1 aromatic rings. The Labute approximate surface area is 139 Å². The first kappa shape index (κ1) is 17.1. The molecule has 0 aromatic heterocycles. The van der Waals surface area contributed by atoms with Gasteiger partial charge in [-0.3, -0.25) is 0 Å². The lowest BCUT2D eigenvalue weighted by molar-refractivity contribution is -0.139. The first-order valence-corrected chi connectivity index (χ1v) is 7.91. The van der Waals surface area contributed by atoms with Crippen molar-refractivity contribution in [3.05, 3.63) is 41.1 Å². The molecule has 23 heavy (non-hydrogen) atoms. The van der Waals surface area contributed by atoms with E-state index in [1.807, 2.05) is 19.1 Å². The molecule has 2 N–H and O–H groups in total. The molecule has 6 nitrogen and oxygen atoms in total. The Hall–Kier alpha value is -2.21. The van der Waals surface area contributed by atoms with E-state index < -0.39 is 18.0 Å². The first-order valence-electron chi connectivity index (χ1n) is 7.37. The van der Waals surface area contributed by atoms with Gasteiger partial charge in [0, 0.05) is 11.3 Å². The third kappa shape index (κ3) is 3.76. The van der Waals surface area contributed by atoms with Gasteiger partial charge in [-0.2, -0.15) is 0 Å². The van der Waals surface area contributed by atoms with E-state index >= 15 is 0 Å². The molecule has 2 amide bonds. The van der Waals surface area contributed by atoms with Crippen molar-refractivity contribution in [2.24, 2.45) is 0 Å². The lowest BCUT2D eigenvalue weighted by Crippen LogP contribution is -2.46. The summed E-state index contributed by atoms with van der Waals surface area (Å²) in [5.41, 5.74) is 1.30. The summed E-state index contributed by atoms with van der Waals surface area (Å²) >= 11 is 5.90. The molecule has 1 aromatic carbocycles. The van der Waals surface area contributed by atoms with Crippen LogP contribution in [0.4, 0.5) is 4.79 Å². The van der Waals surface area contributed by atoms with E-state index in [2.05, 4.69) is 10.6 Å². The predicted octanol–water partition coefficient (Wildman–Crippen LogP) is 2.50. The van der Waals surface area contributed by atoms with Gasteiger partial charge in [0.1, 0.15) is 5.75 Å². The number of rotatable bonds is 6. The fraction of sp³-hybridized carbons (Fsp3) is 0.375. The predicted molar refractivity (Wildman–Crippen MR) is 86.4 cm³/mol. The van der Waals surface area contributed by atoms with E-state index in [1.165, 1.54) is 0 Å². The quantitative estimate of drug-likeness (QED) is 0.617. The number of ether oxygens (including phenoxy) is 2. The number of esters is 1. The molecular weight excluding hydrogens is 320 g/mol. The van der Waals surface area contributed by atoms with E-state index in [-0.39, 0.29) is 18.1 Å². The van der Waals surface area contributed by atoms with Crippen LogP contribution >= 0.6 is 11.6 Å². The van der Waals surface area contributed by atoms with Gasteiger partial charge in [-0.15, -0.1) is 11.6 Å². The van der Waals surface area contributed by atoms with Crippen LogP contribution in [0.25, 0.3) is 0 Å². The number of carbonyl (C=O) groups is 2. The van der Waals surface area contributed by atoms with Gasteiger partial charge in [0.2, 0.25) is 0 Å². The second kappa shape index (κ2) is 7.87. The van der Waals surface area contributed by atoms with E-state index in [1.54, 1.807) is 19.1 Å². The minimum Gasteiger partial charge on any atom is -0.494 e. The average Bonchev–Trinajstić information content (AvgIpc) is 2.55. The summed E-state index contributed by atoms with van der Waals surface area (Å²) in [6.07, 6.45) is 0. The Morgan fingerprint density at radius 1 is 1.26 bits per heavy atom. The number of alkyl halides is 1. The Balaban J connectivity index is 2.53. The Morgan fingerprint density at radius 2 is 2.00 bits per heavy atom. The maximum atomic E-state index is 12.4. The molecule has 0 fully saturated rings. The summed E-state index contributed by atoms with van der Waals surface area (Å²) in [7, 11) is 0. The number of hydrogen-bond donors (Lipinski definition) is 2. The highest BCUT2D eigenvalue weighted by Crippen LogP contribution is 2.33. The maximum absolute atomic E-state index is 12.4. The first-order chi connectivity index (χ1) is 11.1. The largest absolute Gasteiger partial charge is 0.494 e. The highest BCUT2D eigenvalue weighted by molar-refractivity contribution is 6.20. The summed E-state index contributed by atoms with van der Waals surface area (Å²) in [6.45, 7) is 4.28. The number of allylic oxidation sites excluding steroid dienone is 1. The van der Waals surface area contributed by atoms with Crippen LogP contribution < -0.4 is 15.4 Å². The third-order valence-corrected chi connectivity index (χ3v) is 3.58. The van der Waals surface area contributed by atoms with Crippen LogP contribution in [0.1, 0.15) is 25.5 Å². The fourth-order valence-corrected chi connectivity index (χ4v) is 2.62. The van der Waals surface area contributed by atoms with Crippen LogP contribution in [-0.4, -0.2) is 31.1 Å². The number of halogens is 1. The zero-order chi connectivity index (χ0) is 16.8. The summed E-state index contributed by atoms with van der Waals surface area (Å²) in [6, 6.07) is 6.12. The van der Waals surface area contributed by atoms with Crippen molar-refractivity contribution < 1.29 is 19.1 Å². The van der Waals surface area contributed by atoms with E-state index in [4.69, 9.17) is 21.1 Å². The van der Waals surface area contributed by atoms with Gasteiger partial charge in [0.25, 0.3) is 0 Å². The Bertz CT molecular complexity index is 630. The summed E-state index contributed by atoms with van der Waals surface area (Å²) in [5, 5.41) is 5.30. The van der Waals surface area contributed by atoms with Gasteiger partial charge in [0.15, 0.2) is 0 Å². The van der Waals surface area contributed by atoms with Crippen LogP contribution in [0, 0.1) is 0 Å². The molecule has 1 aliphatic heterocycles. The highest BCUT2D eigenvalue weighted by Gasteiger charge is 2.34. The SMILES string of the molecule is CCOC(=O)C1=C(CCl)NC(=O)N[C@H]1c1ccccc1OCC. The van der Waals surface area contributed by atoms with E-state index in [9.17, 15) is 9.59 Å².